The van der Waals surface area contributed by atoms with Crippen LogP contribution in [0.4, 0.5) is 13.2 Å². The van der Waals surface area contributed by atoms with Crippen molar-refractivity contribution >= 4 is 12.4 Å². The molecule has 1 aromatic rings. The summed E-state index contributed by atoms with van der Waals surface area (Å²) in [5, 5.41) is 3.68. The summed E-state index contributed by atoms with van der Waals surface area (Å²) < 4.78 is 38.3. The smallest absolute Gasteiger partial charge is 0.328 e. The van der Waals surface area contributed by atoms with E-state index in [0.29, 0.717) is 12.8 Å². The van der Waals surface area contributed by atoms with Gasteiger partial charge < -0.3 is 5.73 Å². The Morgan fingerprint density at radius 3 is 2.47 bits per heavy atom. The van der Waals surface area contributed by atoms with E-state index in [9.17, 15) is 13.2 Å². The fourth-order valence-electron chi connectivity index (χ4n) is 1.66. The van der Waals surface area contributed by atoms with E-state index in [0.717, 1.165) is 10.7 Å². The van der Waals surface area contributed by atoms with Gasteiger partial charge in [-0.2, -0.15) is 18.3 Å². The van der Waals surface area contributed by atoms with Gasteiger partial charge in [-0.3, -0.25) is 4.68 Å². The van der Waals surface area contributed by atoms with E-state index in [4.69, 9.17) is 5.73 Å². The maximum absolute atomic E-state index is 12.4. The first-order chi connectivity index (χ1) is 6.48. The van der Waals surface area contributed by atoms with Crippen molar-refractivity contribution in [2.45, 2.75) is 31.1 Å². The predicted octanol–water partition coefficient (Wildman–Crippen LogP) is 1.99. The van der Waals surface area contributed by atoms with Crippen LogP contribution in [-0.2, 0) is 6.18 Å². The predicted molar refractivity (Wildman–Crippen MR) is 50.7 cm³/mol. The van der Waals surface area contributed by atoms with Crippen molar-refractivity contribution in [3.8, 4) is 0 Å². The molecule has 2 N–H and O–H groups in total. The zero-order valence-electron chi connectivity index (χ0n) is 7.74. The molecule has 0 bridgehead atoms. The number of hydrogen-bond acceptors (Lipinski definition) is 2. The van der Waals surface area contributed by atoms with Gasteiger partial charge in [-0.1, -0.05) is 0 Å². The van der Waals surface area contributed by atoms with Crippen molar-refractivity contribution in [3.05, 3.63) is 18.0 Å². The van der Waals surface area contributed by atoms with Crippen LogP contribution in [0.1, 0.15) is 24.6 Å². The molecule has 1 fully saturated rings. The highest BCUT2D eigenvalue weighted by Crippen LogP contribution is 2.36. The lowest BCUT2D eigenvalue weighted by Gasteiger charge is -2.33. The van der Waals surface area contributed by atoms with Crippen molar-refractivity contribution in [1.29, 1.82) is 0 Å². The molecule has 0 aliphatic heterocycles. The minimum absolute atomic E-state index is 0. The molecule has 1 heterocycles. The van der Waals surface area contributed by atoms with Gasteiger partial charge in [0.2, 0.25) is 0 Å². The van der Waals surface area contributed by atoms with Crippen molar-refractivity contribution in [2.75, 3.05) is 0 Å². The van der Waals surface area contributed by atoms with Crippen molar-refractivity contribution in [1.82, 2.24) is 9.78 Å². The Morgan fingerprint density at radius 2 is 2.00 bits per heavy atom. The number of hydrogen-bond donors (Lipinski definition) is 1. The zero-order chi connectivity index (χ0) is 10.3. The summed E-state index contributed by atoms with van der Waals surface area (Å²) in [7, 11) is 0. The molecule has 0 spiro atoms. The second-order valence-electron chi connectivity index (χ2n) is 3.54. The van der Waals surface area contributed by atoms with Crippen molar-refractivity contribution < 1.29 is 13.2 Å². The van der Waals surface area contributed by atoms with E-state index in [-0.39, 0.29) is 24.5 Å². The first-order valence-electron chi connectivity index (χ1n) is 4.35. The standard InChI is InChI=1S/C8H10F3N3.ClH/c9-8(10,11)7-1-2-13-14(7)6-3-5(12)4-6;/h1-2,5-6H,3-4,12H2;1H. The van der Waals surface area contributed by atoms with Gasteiger partial charge in [-0.05, 0) is 18.9 Å². The molecule has 1 aromatic heterocycles. The summed E-state index contributed by atoms with van der Waals surface area (Å²) in [5.74, 6) is 0. The van der Waals surface area contributed by atoms with E-state index in [2.05, 4.69) is 5.10 Å². The number of halogens is 4. The first-order valence-corrected chi connectivity index (χ1v) is 4.35. The van der Waals surface area contributed by atoms with Gasteiger partial charge in [0, 0.05) is 12.2 Å². The third kappa shape index (κ3) is 2.26. The third-order valence-corrected chi connectivity index (χ3v) is 2.46. The molecule has 0 radical (unpaired) electrons. The van der Waals surface area contributed by atoms with Crippen LogP contribution in [0.15, 0.2) is 12.3 Å². The Bertz CT molecular complexity index is 330. The van der Waals surface area contributed by atoms with Crippen molar-refractivity contribution in [3.63, 3.8) is 0 Å². The molecule has 1 saturated carbocycles. The molecule has 0 unspecified atom stereocenters. The molecule has 0 saturated heterocycles. The van der Waals surface area contributed by atoms with Crippen LogP contribution in [-0.4, -0.2) is 15.8 Å². The fraction of sp³-hybridized carbons (Fsp3) is 0.625. The molecule has 1 aliphatic rings. The lowest BCUT2D eigenvalue weighted by atomic mass is 9.87. The Labute approximate surface area is 90.8 Å². The summed E-state index contributed by atoms with van der Waals surface area (Å²) in [5.41, 5.74) is 4.83. The van der Waals surface area contributed by atoms with Gasteiger partial charge >= 0.3 is 6.18 Å². The topological polar surface area (TPSA) is 43.8 Å². The third-order valence-electron chi connectivity index (χ3n) is 2.46. The molecular weight excluding hydrogens is 231 g/mol. The zero-order valence-corrected chi connectivity index (χ0v) is 8.55. The molecule has 2 rings (SSSR count). The lowest BCUT2D eigenvalue weighted by molar-refractivity contribution is -0.145. The Morgan fingerprint density at radius 1 is 1.40 bits per heavy atom. The number of rotatable bonds is 1. The van der Waals surface area contributed by atoms with E-state index < -0.39 is 11.9 Å². The van der Waals surface area contributed by atoms with Gasteiger partial charge in [0.1, 0.15) is 5.69 Å². The molecule has 3 nitrogen and oxygen atoms in total. The Hall–Kier alpha value is -0.750. The van der Waals surface area contributed by atoms with Crippen molar-refractivity contribution in [2.24, 2.45) is 5.73 Å². The van der Waals surface area contributed by atoms with Gasteiger partial charge in [0.15, 0.2) is 0 Å². The lowest BCUT2D eigenvalue weighted by Crippen LogP contribution is -2.39. The number of alkyl halides is 3. The highest BCUT2D eigenvalue weighted by molar-refractivity contribution is 5.85. The van der Waals surface area contributed by atoms with Crippen LogP contribution in [0, 0.1) is 0 Å². The van der Waals surface area contributed by atoms with Crippen LogP contribution >= 0.6 is 12.4 Å². The van der Waals surface area contributed by atoms with Crippen LogP contribution < -0.4 is 5.73 Å². The summed E-state index contributed by atoms with van der Waals surface area (Å²) in [6.45, 7) is 0. The van der Waals surface area contributed by atoms with Crippen LogP contribution in [0.25, 0.3) is 0 Å². The van der Waals surface area contributed by atoms with Gasteiger partial charge in [-0.15, -0.1) is 12.4 Å². The van der Waals surface area contributed by atoms with E-state index in [1.807, 2.05) is 0 Å². The summed E-state index contributed by atoms with van der Waals surface area (Å²) in [4.78, 5) is 0. The van der Waals surface area contributed by atoms with E-state index >= 15 is 0 Å². The van der Waals surface area contributed by atoms with Crippen LogP contribution in [0.2, 0.25) is 0 Å². The Balaban J connectivity index is 0.00000112. The fourth-order valence-corrected chi connectivity index (χ4v) is 1.66. The quantitative estimate of drug-likeness (QED) is 0.817. The molecule has 1 aliphatic carbocycles. The molecule has 86 valence electrons. The Kier molecular flexibility index (Phi) is 3.30. The first kappa shape index (κ1) is 12.3. The maximum atomic E-state index is 12.4. The SMILES string of the molecule is Cl.NC1CC(n2nccc2C(F)(F)F)C1. The minimum Gasteiger partial charge on any atom is -0.328 e. The molecule has 0 amide bonds. The number of aromatic nitrogens is 2. The van der Waals surface area contributed by atoms with E-state index in [1.165, 1.54) is 6.20 Å². The second-order valence-corrected chi connectivity index (χ2v) is 3.54. The molecule has 0 aromatic carbocycles. The monoisotopic (exact) mass is 241 g/mol. The molecular formula is C8H11ClF3N3. The maximum Gasteiger partial charge on any atom is 0.433 e. The van der Waals surface area contributed by atoms with Crippen LogP contribution in [0.5, 0.6) is 0 Å². The molecule has 0 atom stereocenters. The highest BCUT2D eigenvalue weighted by atomic mass is 35.5. The summed E-state index contributed by atoms with van der Waals surface area (Å²) >= 11 is 0. The average molecular weight is 242 g/mol. The number of nitrogens with two attached hydrogens (primary N) is 1. The van der Waals surface area contributed by atoms with E-state index in [1.54, 1.807) is 0 Å². The summed E-state index contributed by atoms with van der Waals surface area (Å²) in [6.07, 6.45) is -2.00. The van der Waals surface area contributed by atoms with Gasteiger partial charge in [0.25, 0.3) is 0 Å². The average Bonchev–Trinajstić information content (AvgIpc) is 2.44. The van der Waals surface area contributed by atoms with Gasteiger partial charge in [0.05, 0.1) is 6.04 Å². The highest BCUT2D eigenvalue weighted by Gasteiger charge is 2.39. The van der Waals surface area contributed by atoms with Gasteiger partial charge in [-0.25, -0.2) is 0 Å². The second kappa shape index (κ2) is 4.02. The summed E-state index contributed by atoms with van der Waals surface area (Å²) in [6, 6.07) is 0.825. The number of nitrogens with zero attached hydrogens (tertiary/aromatic N) is 2. The molecule has 7 heteroatoms. The van der Waals surface area contributed by atoms with Crippen LogP contribution in [0.3, 0.4) is 0 Å². The normalized spacial score (nSPS) is 25.6. The largest absolute Gasteiger partial charge is 0.433 e. The minimum atomic E-state index is -4.32. The molecule has 15 heavy (non-hydrogen) atoms.